The molecule has 0 aliphatic carbocycles. The first-order valence-corrected chi connectivity index (χ1v) is 3.80. The van der Waals surface area contributed by atoms with Gasteiger partial charge in [-0.25, -0.2) is 0 Å². The maximum atomic E-state index is 10.7. The molecule has 0 spiro atoms. The zero-order chi connectivity index (χ0) is 9.14. The van der Waals surface area contributed by atoms with Gasteiger partial charge < -0.3 is 5.32 Å². The summed E-state index contributed by atoms with van der Waals surface area (Å²) in [5, 5.41) is 2.69. The van der Waals surface area contributed by atoms with Gasteiger partial charge in [0.25, 0.3) is 0 Å². The molecule has 0 heterocycles. The molecule has 0 bridgehead atoms. The highest BCUT2D eigenvalue weighted by molar-refractivity contribution is 5.95. The second kappa shape index (κ2) is 3.39. The molecule has 0 saturated heterocycles. The molecule has 1 N–H and O–H groups in total. The van der Waals surface area contributed by atoms with Crippen LogP contribution in [0.15, 0.2) is 18.2 Å². The van der Waals surface area contributed by atoms with E-state index in [-0.39, 0.29) is 5.91 Å². The van der Waals surface area contributed by atoms with Crippen molar-refractivity contribution < 1.29 is 4.79 Å². The number of carbonyl (C=O) groups excluding carboxylic acids is 1. The lowest BCUT2D eigenvalue weighted by molar-refractivity contribution is -0.112. The Morgan fingerprint density at radius 3 is 2.25 bits per heavy atom. The highest BCUT2D eigenvalue weighted by Gasteiger charge is 2.01. The molecular weight excluding hydrogens is 150 g/mol. The van der Waals surface area contributed by atoms with Gasteiger partial charge in [0, 0.05) is 12.6 Å². The van der Waals surface area contributed by atoms with Crippen LogP contribution < -0.4 is 5.32 Å². The standard InChI is InChI=1S/C10H12NO/c1-7-5-4-6-8(2)10(7)11-9(3)12/h4-6H,3H2,1-2H3,(H,11,12). The van der Waals surface area contributed by atoms with Crippen molar-refractivity contribution in [1.82, 2.24) is 0 Å². The third kappa shape index (κ3) is 1.84. The number of amides is 1. The maximum absolute atomic E-state index is 10.7. The van der Waals surface area contributed by atoms with Crippen molar-refractivity contribution in [3.8, 4) is 0 Å². The zero-order valence-electron chi connectivity index (χ0n) is 7.35. The highest BCUT2D eigenvalue weighted by Crippen LogP contribution is 2.18. The first-order valence-electron chi connectivity index (χ1n) is 3.80. The van der Waals surface area contributed by atoms with Crippen LogP contribution in [0.25, 0.3) is 0 Å². The molecule has 0 atom stereocenters. The van der Waals surface area contributed by atoms with Gasteiger partial charge in [-0.15, -0.1) is 0 Å². The number of anilines is 1. The van der Waals surface area contributed by atoms with Crippen LogP contribution in [0.1, 0.15) is 11.1 Å². The molecule has 1 aromatic carbocycles. The van der Waals surface area contributed by atoms with Crippen LogP contribution in [0.5, 0.6) is 0 Å². The van der Waals surface area contributed by atoms with Crippen LogP contribution in [-0.2, 0) is 4.79 Å². The van der Waals surface area contributed by atoms with Gasteiger partial charge in [-0.3, -0.25) is 4.79 Å². The van der Waals surface area contributed by atoms with Crippen molar-refractivity contribution in [3.63, 3.8) is 0 Å². The first kappa shape index (κ1) is 8.78. The van der Waals surface area contributed by atoms with Crippen LogP contribution in [0.4, 0.5) is 5.69 Å². The van der Waals surface area contributed by atoms with Crippen LogP contribution in [-0.4, -0.2) is 5.91 Å². The minimum Gasteiger partial charge on any atom is -0.326 e. The Morgan fingerprint density at radius 2 is 1.83 bits per heavy atom. The SMILES string of the molecule is [CH2]C(=O)Nc1c(C)cccc1C. The molecule has 0 fully saturated rings. The predicted molar refractivity (Wildman–Crippen MR) is 49.9 cm³/mol. The quantitative estimate of drug-likeness (QED) is 0.673. The van der Waals surface area contributed by atoms with E-state index >= 15 is 0 Å². The van der Waals surface area contributed by atoms with E-state index in [1.165, 1.54) is 0 Å². The van der Waals surface area contributed by atoms with Crippen LogP contribution in [0, 0.1) is 20.8 Å². The molecule has 0 saturated carbocycles. The summed E-state index contributed by atoms with van der Waals surface area (Å²) in [5.74, 6) is -0.271. The number of nitrogens with one attached hydrogen (secondary N) is 1. The van der Waals surface area contributed by atoms with Gasteiger partial charge in [-0.2, -0.15) is 0 Å². The number of rotatable bonds is 1. The highest BCUT2D eigenvalue weighted by atomic mass is 16.1. The van der Waals surface area contributed by atoms with E-state index in [2.05, 4.69) is 12.2 Å². The average molecular weight is 162 g/mol. The molecule has 2 heteroatoms. The number of aryl methyl sites for hydroxylation is 2. The summed E-state index contributed by atoms with van der Waals surface area (Å²) < 4.78 is 0. The summed E-state index contributed by atoms with van der Waals surface area (Å²) in [6, 6.07) is 5.87. The van der Waals surface area contributed by atoms with E-state index in [0.717, 1.165) is 16.8 Å². The summed E-state index contributed by atoms with van der Waals surface area (Å²) in [5.41, 5.74) is 3.00. The molecule has 0 unspecified atom stereocenters. The monoisotopic (exact) mass is 162 g/mol. The van der Waals surface area contributed by atoms with Crippen molar-refractivity contribution in [1.29, 1.82) is 0 Å². The van der Waals surface area contributed by atoms with Crippen LogP contribution >= 0.6 is 0 Å². The molecule has 0 aliphatic heterocycles. The lowest BCUT2D eigenvalue weighted by atomic mass is 10.1. The minimum atomic E-state index is -0.271. The zero-order valence-corrected chi connectivity index (χ0v) is 7.35. The van der Waals surface area contributed by atoms with Gasteiger partial charge in [0.15, 0.2) is 0 Å². The molecular formula is C10H12NO. The summed E-state index contributed by atoms with van der Waals surface area (Å²) in [4.78, 5) is 10.7. The van der Waals surface area contributed by atoms with E-state index in [0.29, 0.717) is 0 Å². The van der Waals surface area contributed by atoms with E-state index < -0.39 is 0 Å². The smallest absolute Gasteiger partial charge is 0.224 e. The number of hydrogen-bond acceptors (Lipinski definition) is 1. The maximum Gasteiger partial charge on any atom is 0.224 e. The third-order valence-electron chi connectivity index (χ3n) is 1.75. The summed E-state index contributed by atoms with van der Waals surface area (Å²) in [6.07, 6.45) is 0. The fourth-order valence-corrected chi connectivity index (χ4v) is 1.15. The Hall–Kier alpha value is -1.31. The van der Waals surface area contributed by atoms with E-state index in [1.807, 2.05) is 32.0 Å². The third-order valence-corrected chi connectivity index (χ3v) is 1.75. The molecule has 1 amide bonds. The molecule has 0 aromatic heterocycles. The van der Waals surface area contributed by atoms with Crippen molar-refractivity contribution in [2.24, 2.45) is 0 Å². The molecule has 0 aliphatic rings. The topological polar surface area (TPSA) is 29.1 Å². The van der Waals surface area contributed by atoms with Gasteiger partial charge in [0.1, 0.15) is 0 Å². The van der Waals surface area contributed by atoms with Gasteiger partial charge >= 0.3 is 0 Å². The average Bonchev–Trinajstić information content (AvgIpc) is 1.97. The Bertz CT molecular complexity index is 284. The minimum absolute atomic E-state index is 0.271. The molecule has 63 valence electrons. The summed E-state index contributed by atoms with van der Waals surface area (Å²) in [6.45, 7) is 7.18. The predicted octanol–water partition coefficient (Wildman–Crippen LogP) is 2.08. The van der Waals surface area contributed by atoms with Crippen molar-refractivity contribution in [2.75, 3.05) is 5.32 Å². The number of hydrogen-bond donors (Lipinski definition) is 1. The fraction of sp³-hybridized carbons (Fsp3) is 0.200. The lowest BCUT2D eigenvalue weighted by Crippen LogP contribution is -2.08. The normalized spacial score (nSPS) is 9.58. The van der Waals surface area contributed by atoms with Crippen LogP contribution in [0.3, 0.4) is 0 Å². The van der Waals surface area contributed by atoms with Crippen molar-refractivity contribution >= 4 is 11.6 Å². The molecule has 12 heavy (non-hydrogen) atoms. The molecule has 1 aromatic rings. The van der Waals surface area contributed by atoms with Gasteiger partial charge in [-0.05, 0) is 25.0 Å². The van der Waals surface area contributed by atoms with Crippen molar-refractivity contribution in [3.05, 3.63) is 36.2 Å². The fourth-order valence-electron chi connectivity index (χ4n) is 1.15. The Balaban J connectivity index is 3.04. The van der Waals surface area contributed by atoms with Gasteiger partial charge in [0.05, 0.1) is 0 Å². The molecule has 1 radical (unpaired) electrons. The number of benzene rings is 1. The summed E-state index contributed by atoms with van der Waals surface area (Å²) in [7, 11) is 0. The summed E-state index contributed by atoms with van der Waals surface area (Å²) >= 11 is 0. The Morgan fingerprint density at radius 1 is 1.33 bits per heavy atom. The van der Waals surface area contributed by atoms with E-state index in [4.69, 9.17) is 0 Å². The van der Waals surface area contributed by atoms with E-state index in [1.54, 1.807) is 0 Å². The van der Waals surface area contributed by atoms with Crippen LogP contribution in [0.2, 0.25) is 0 Å². The van der Waals surface area contributed by atoms with Crippen molar-refractivity contribution in [2.45, 2.75) is 13.8 Å². The Labute approximate surface area is 72.6 Å². The molecule has 2 nitrogen and oxygen atoms in total. The molecule has 1 rings (SSSR count). The Kier molecular flexibility index (Phi) is 2.48. The number of para-hydroxylation sites is 1. The largest absolute Gasteiger partial charge is 0.326 e. The van der Waals surface area contributed by atoms with Gasteiger partial charge in [-0.1, -0.05) is 18.2 Å². The van der Waals surface area contributed by atoms with Gasteiger partial charge in [0.2, 0.25) is 5.91 Å². The number of carbonyl (C=O) groups is 1. The second-order valence-electron chi connectivity index (χ2n) is 2.81. The first-order chi connectivity index (χ1) is 5.61. The second-order valence-corrected chi connectivity index (χ2v) is 2.81. The lowest BCUT2D eigenvalue weighted by Gasteiger charge is -2.08. The van der Waals surface area contributed by atoms with E-state index in [9.17, 15) is 4.79 Å².